The number of pyridine rings is 1. The van der Waals surface area contributed by atoms with Gasteiger partial charge >= 0.3 is 0 Å². The Morgan fingerprint density at radius 1 is 1.53 bits per heavy atom. The molecule has 1 aromatic heterocycles. The number of hydrogen-bond acceptors (Lipinski definition) is 2. The third-order valence-corrected chi connectivity index (χ3v) is 3.34. The van der Waals surface area contributed by atoms with Gasteiger partial charge in [-0.2, -0.15) is 0 Å². The summed E-state index contributed by atoms with van der Waals surface area (Å²) in [5, 5.41) is 0. The predicted molar refractivity (Wildman–Crippen MR) is 70.9 cm³/mol. The van der Waals surface area contributed by atoms with Crippen LogP contribution in [-0.4, -0.2) is 28.9 Å². The first kappa shape index (κ1) is 12.6. The molecule has 2 rings (SSSR count). The van der Waals surface area contributed by atoms with Crippen molar-refractivity contribution in [3.8, 4) is 0 Å². The van der Waals surface area contributed by atoms with Crippen LogP contribution in [0.3, 0.4) is 0 Å². The largest absolute Gasteiger partial charge is 0.338 e. The molecule has 0 aromatic carbocycles. The first-order valence-corrected chi connectivity index (χ1v) is 6.90. The Hall–Kier alpha value is -0.900. The van der Waals surface area contributed by atoms with E-state index < -0.39 is 0 Å². The van der Waals surface area contributed by atoms with Gasteiger partial charge in [0.2, 0.25) is 0 Å². The molecule has 1 amide bonds. The Morgan fingerprint density at radius 2 is 2.29 bits per heavy atom. The lowest BCUT2D eigenvalue weighted by Gasteiger charge is -2.22. The van der Waals surface area contributed by atoms with Crippen molar-refractivity contribution in [2.45, 2.75) is 26.2 Å². The molecule has 0 radical (unpaired) electrons. The standard InChI is InChI=1S/C13H17BrN2O/c1-2-5-16(9-10-3-4-10)13(17)11-6-12(14)8-15-7-11/h6-8,10H,2-5,9H2,1H3. The van der Waals surface area contributed by atoms with Gasteiger partial charge < -0.3 is 4.90 Å². The fourth-order valence-electron chi connectivity index (χ4n) is 1.87. The van der Waals surface area contributed by atoms with Crippen molar-refractivity contribution in [2.24, 2.45) is 5.92 Å². The van der Waals surface area contributed by atoms with E-state index in [1.165, 1.54) is 12.8 Å². The fourth-order valence-corrected chi connectivity index (χ4v) is 2.23. The average Bonchev–Trinajstić information content (AvgIpc) is 3.11. The second-order valence-corrected chi connectivity index (χ2v) is 5.50. The van der Waals surface area contributed by atoms with Gasteiger partial charge in [-0.3, -0.25) is 9.78 Å². The maximum Gasteiger partial charge on any atom is 0.255 e. The molecule has 0 unspecified atom stereocenters. The highest BCUT2D eigenvalue weighted by molar-refractivity contribution is 9.10. The van der Waals surface area contributed by atoms with Crippen molar-refractivity contribution >= 4 is 21.8 Å². The lowest BCUT2D eigenvalue weighted by molar-refractivity contribution is 0.0747. The fraction of sp³-hybridized carbons (Fsp3) is 0.538. The van der Waals surface area contributed by atoms with Crippen molar-refractivity contribution in [3.63, 3.8) is 0 Å². The SMILES string of the molecule is CCCN(CC1CC1)C(=O)c1cncc(Br)c1. The molecule has 0 atom stereocenters. The van der Waals surface area contributed by atoms with Gasteiger partial charge in [-0.05, 0) is 47.2 Å². The smallest absolute Gasteiger partial charge is 0.255 e. The molecule has 92 valence electrons. The van der Waals surface area contributed by atoms with Gasteiger partial charge in [0.15, 0.2) is 0 Å². The van der Waals surface area contributed by atoms with Crippen molar-refractivity contribution in [2.75, 3.05) is 13.1 Å². The molecule has 0 spiro atoms. The third-order valence-electron chi connectivity index (χ3n) is 2.91. The number of aromatic nitrogens is 1. The number of carbonyl (C=O) groups excluding carboxylic acids is 1. The number of nitrogens with zero attached hydrogens (tertiary/aromatic N) is 2. The third kappa shape index (κ3) is 3.53. The Labute approximate surface area is 110 Å². The van der Waals surface area contributed by atoms with Crippen LogP contribution in [0.15, 0.2) is 22.9 Å². The minimum atomic E-state index is 0.104. The summed E-state index contributed by atoms with van der Waals surface area (Å²) in [6.07, 6.45) is 6.87. The molecule has 1 aliphatic carbocycles. The van der Waals surface area contributed by atoms with Crippen LogP contribution in [0.4, 0.5) is 0 Å². The lowest BCUT2D eigenvalue weighted by Crippen LogP contribution is -2.33. The summed E-state index contributed by atoms with van der Waals surface area (Å²) < 4.78 is 0.853. The zero-order valence-electron chi connectivity index (χ0n) is 10.0. The van der Waals surface area contributed by atoms with Crippen LogP contribution in [0, 0.1) is 5.92 Å². The van der Waals surface area contributed by atoms with Crippen LogP contribution in [0.25, 0.3) is 0 Å². The van der Waals surface area contributed by atoms with Crippen LogP contribution in [0.5, 0.6) is 0 Å². The number of amides is 1. The highest BCUT2D eigenvalue weighted by Gasteiger charge is 2.26. The first-order chi connectivity index (χ1) is 8.20. The molecule has 0 bridgehead atoms. The van der Waals surface area contributed by atoms with Crippen molar-refractivity contribution < 1.29 is 4.79 Å². The Balaban J connectivity index is 2.08. The van der Waals surface area contributed by atoms with E-state index in [0.29, 0.717) is 5.56 Å². The molecule has 0 saturated heterocycles. The van der Waals surface area contributed by atoms with Crippen molar-refractivity contribution in [3.05, 3.63) is 28.5 Å². The minimum Gasteiger partial charge on any atom is -0.338 e. The summed E-state index contributed by atoms with van der Waals surface area (Å²) in [6, 6.07) is 1.84. The topological polar surface area (TPSA) is 33.2 Å². The first-order valence-electron chi connectivity index (χ1n) is 6.10. The maximum absolute atomic E-state index is 12.3. The van der Waals surface area contributed by atoms with Crippen LogP contribution in [-0.2, 0) is 0 Å². The second-order valence-electron chi connectivity index (χ2n) is 4.59. The molecular formula is C13H17BrN2O. The molecule has 3 nitrogen and oxygen atoms in total. The summed E-state index contributed by atoms with van der Waals surface area (Å²) in [6.45, 7) is 3.84. The Kier molecular flexibility index (Phi) is 4.15. The summed E-state index contributed by atoms with van der Waals surface area (Å²) >= 11 is 3.35. The Bertz CT molecular complexity index is 404. The number of rotatable bonds is 5. The molecular weight excluding hydrogens is 280 g/mol. The van der Waals surface area contributed by atoms with Gasteiger partial charge in [-0.25, -0.2) is 0 Å². The molecule has 1 fully saturated rings. The van der Waals surface area contributed by atoms with Gasteiger partial charge in [-0.1, -0.05) is 6.92 Å². The molecule has 17 heavy (non-hydrogen) atoms. The Morgan fingerprint density at radius 3 is 2.88 bits per heavy atom. The molecule has 1 heterocycles. The average molecular weight is 297 g/mol. The van der Waals surface area contributed by atoms with Crippen molar-refractivity contribution in [1.29, 1.82) is 0 Å². The van der Waals surface area contributed by atoms with Gasteiger partial charge in [0.05, 0.1) is 5.56 Å². The second kappa shape index (κ2) is 5.63. The highest BCUT2D eigenvalue weighted by Crippen LogP contribution is 2.30. The van der Waals surface area contributed by atoms with E-state index in [-0.39, 0.29) is 5.91 Å². The van der Waals surface area contributed by atoms with E-state index in [1.807, 2.05) is 11.0 Å². The van der Waals surface area contributed by atoms with Gasteiger partial charge in [-0.15, -0.1) is 0 Å². The normalized spacial score (nSPS) is 14.7. The molecule has 1 aromatic rings. The van der Waals surface area contributed by atoms with E-state index in [2.05, 4.69) is 27.8 Å². The summed E-state index contributed by atoms with van der Waals surface area (Å²) in [4.78, 5) is 18.3. The van der Waals surface area contributed by atoms with Crippen LogP contribution in [0.2, 0.25) is 0 Å². The number of halogens is 1. The number of carbonyl (C=O) groups is 1. The number of hydrogen-bond donors (Lipinski definition) is 0. The zero-order chi connectivity index (χ0) is 12.3. The monoisotopic (exact) mass is 296 g/mol. The molecule has 4 heteroatoms. The maximum atomic E-state index is 12.3. The van der Waals surface area contributed by atoms with Crippen LogP contribution in [0.1, 0.15) is 36.5 Å². The van der Waals surface area contributed by atoms with Crippen LogP contribution < -0.4 is 0 Å². The van der Waals surface area contributed by atoms with E-state index >= 15 is 0 Å². The van der Waals surface area contributed by atoms with E-state index in [0.717, 1.165) is 29.9 Å². The molecule has 1 saturated carbocycles. The van der Waals surface area contributed by atoms with Gasteiger partial charge in [0.1, 0.15) is 0 Å². The summed E-state index contributed by atoms with van der Waals surface area (Å²) in [7, 11) is 0. The molecule has 0 N–H and O–H groups in total. The van der Waals surface area contributed by atoms with E-state index in [4.69, 9.17) is 0 Å². The van der Waals surface area contributed by atoms with Crippen molar-refractivity contribution in [1.82, 2.24) is 9.88 Å². The lowest BCUT2D eigenvalue weighted by atomic mass is 10.2. The summed E-state index contributed by atoms with van der Waals surface area (Å²) in [5.41, 5.74) is 0.675. The predicted octanol–water partition coefficient (Wildman–Crippen LogP) is 3.11. The quantitative estimate of drug-likeness (QED) is 0.836. The van der Waals surface area contributed by atoms with Crippen LogP contribution >= 0.6 is 15.9 Å². The van der Waals surface area contributed by atoms with Gasteiger partial charge in [0.25, 0.3) is 5.91 Å². The minimum absolute atomic E-state index is 0.104. The van der Waals surface area contributed by atoms with Gasteiger partial charge in [0, 0.05) is 30.0 Å². The summed E-state index contributed by atoms with van der Waals surface area (Å²) in [5.74, 6) is 0.832. The molecule has 1 aliphatic rings. The van der Waals surface area contributed by atoms with E-state index in [1.54, 1.807) is 12.4 Å². The highest BCUT2D eigenvalue weighted by atomic mass is 79.9. The van der Waals surface area contributed by atoms with E-state index in [9.17, 15) is 4.79 Å². The molecule has 0 aliphatic heterocycles. The zero-order valence-corrected chi connectivity index (χ0v) is 11.6.